The van der Waals surface area contributed by atoms with Crippen molar-refractivity contribution >= 4 is 34.3 Å². The zero-order valence-corrected chi connectivity index (χ0v) is 16.5. The summed E-state index contributed by atoms with van der Waals surface area (Å²) >= 11 is 0. The number of nitrogens with zero attached hydrogens (tertiary/aromatic N) is 2. The summed E-state index contributed by atoms with van der Waals surface area (Å²) in [6.45, 7) is 1.41. The topological polar surface area (TPSA) is 117 Å². The molecule has 0 spiro atoms. The normalized spacial score (nSPS) is 11.1. The number of hydrogen-bond acceptors (Lipinski definition) is 5. The Morgan fingerprint density at radius 3 is 2.48 bits per heavy atom. The third-order valence-corrected chi connectivity index (χ3v) is 4.66. The minimum Gasteiger partial charge on any atom is -0.493 e. The van der Waals surface area contributed by atoms with Gasteiger partial charge in [0.25, 0.3) is 5.56 Å². The fourth-order valence-electron chi connectivity index (χ4n) is 3.25. The summed E-state index contributed by atoms with van der Waals surface area (Å²) in [6, 6.07) is 19.4. The molecule has 0 fully saturated rings. The summed E-state index contributed by atoms with van der Waals surface area (Å²) in [5.41, 5.74) is -0.120. The van der Waals surface area contributed by atoms with Crippen LogP contribution in [-0.2, 0) is 4.79 Å². The molecule has 4 rings (SSSR count). The summed E-state index contributed by atoms with van der Waals surface area (Å²) < 4.78 is 1.05. The molecule has 0 radical (unpaired) electrons. The average molecular weight is 414 g/mol. The number of carbonyl (C=O) groups excluding carboxylic acids is 1. The molecule has 0 saturated heterocycles. The van der Waals surface area contributed by atoms with Crippen molar-refractivity contribution in [1.82, 2.24) is 9.55 Å². The van der Waals surface area contributed by atoms with Crippen LogP contribution in [0.25, 0.3) is 16.5 Å². The van der Waals surface area contributed by atoms with Crippen LogP contribution in [-0.4, -0.2) is 26.8 Å². The number of rotatable bonds is 4. The standard InChI is InChI=1S/C23H18N4O4/c1-14(28)25-17-11-9-16(10-12-17)24-13-19-21(29)26-23(31)27(22(19)30)20-8-4-6-15-5-2-3-7-18(15)20/h2-13,30H,1H3,(H,25,28)(H,26,29,31). The summed E-state index contributed by atoms with van der Waals surface area (Å²) in [4.78, 5) is 42.4. The number of benzene rings is 3. The van der Waals surface area contributed by atoms with Crippen molar-refractivity contribution < 1.29 is 9.90 Å². The SMILES string of the molecule is CC(=O)Nc1ccc(N=Cc2c(O)n(-c3cccc4ccccc34)c(=O)[nH]c2=O)cc1. The molecule has 3 N–H and O–H groups in total. The lowest BCUT2D eigenvalue weighted by atomic mass is 10.1. The van der Waals surface area contributed by atoms with Crippen LogP contribution in [0.4, 0.5) is 11.4 Å². The van der Waals surface area contributed by atoms with Gasteiger partial charge in [0.15, 0.2) is 0 Å². The molecular formula is C23H18N4O4. The van der Waals surface area contributed by atoms with Gasteiger partial charge in [-0.25, -0.2) is 9.36 Å². The van der Waals surface area contributed by atoms with Gasteiger partial charge in [0, 0.05) is 24.2 Å². The van der Waals surface area contributed by atoms with Gasteiger partial charge < -0.3 is 10.4 Å². The van der Waals surface area contributed by atoms with Crippen molar-refractivity contribution in [3.63, 3.8) is 0 Å². The highest BCUT2D eigenvalue weighted by Gasteiger charge is 2.16. The van der Waals surface area contributed by atoms with E-state index >= 15 is 0 Å². The first kappa shape index (κ1) is 19.8. The molecule has 3 aromatic carbocycles. The van der Waals surface area contributed by atoms with Gasteiger partial charge >= 0.3 is 5.69 Å². The van der Waals surface area contributed by atoms with Gasteiger partial charge in [-0.15, -0.1) is 0 Å². The lowest BCUT2D eigenvalue weighted by Crippen LogP contribution is -2.31. The molecule has 31 heavy (non-hydrogen) atoms. The number of aromatic amines is 1. The maximum atomic E-state index is 12.5. The van der Waals surface area contributed by atoms with Gasteiger partial charge in [-0.3, -0.25) is 19.6 Å². The van der Waals surface area contributed by atoms with Crippen LogP contribution in [0, 0.1) is 0 Å². The third-order valence-electron chi connectivity index (χ3n) is 4.66. The summed E-state index contributed by atoms with van der Waals surface area (Å²) in [5.74, 6) is -0.702. The molecule has 0 unspecified atom stereocenters. The fourth-order valence-corrected chi connectivity index (χ4v) is 3.25. The van der Waals surface area contributed by atoms with E-state index in [9.17, 15) is 19.5 Å². The number of nitrogens with one attached hydrogen (secondary N) is 2. The summed E-state index contributed by atoms with van der Waals surface area (Å²) in [7, 11) is 0. The van der Waals surface area contributed by atoms with Crippen molar-refractivity contribution in [3.8, 4) is 11.6 Å². The van der Waals surface area contributed by atoms with E-state index < -0.39 is 17.1 Å². The van der Waals surface area contributed by atoms with E-state index in [2.05, 4.69) is 15.3 Å². The van der Waals surface area contributed by atoms with E-state index in [1.54, 1.807) is 36.4 Å². The predicted octanol–water partition coefficient (Wildman–Crippen LogP) is 3.09. The van der Waals surface area contributed by atoms with Crippen LogP contribution in [0.5, 0.6) is 5.88 Å². The average Bonchev–Trinajstić information content (AvgIpc) is 2.74. The largest absolute Gasteiger partial charge is 0.493 e. The van der Waals surface area contributed by atoms with Gasteiger partial charge in [0.2, 0.25) is 11.8 Å². The molecule has 0 aliphatic heterocycles. The number of anilines is 1. The van der Waals surface area contributed by atoms with Crippen molar-refractivity contribution in [2.45, 2.75) is 6.92 Å². The van der Waals surface area contributed by atoms with Crippen LogP contribution in [0.15, 0.2) is 81.3 Å². The minimum absolute atomic E-state index is 0.154. The van der Waals surface area contributed by atoms with Crippen LogP contribution in [0.1, 0.15) is 12.5 Å². The number of H-pyrrole nitrogens is 1. The van der Waals surface area contributed by atoms with E-state index in [1.165, 1.54) is 13.1 Å². The maximum absolute atomic E-state index is 12.5. The van der Waals surface area contributed by atoms with E-state index in [0.29, 0.717) is 17.1 Å². The second-order valence-corrected chi connectivity index (χ2v) is 6.82. The number of aromatic hydroxyl groups is 1. The highest BCUT2D eigenvalue weighted by Crippen LogP contribution is 2.25. The molecule has 8 heteroatoms. The highest BCUT2D eigenvalue weighted by molar-refractivity contribution is 5.91. The Labute approximate surface area is 176 Å². The Balaban J connectivity index is 1.78. The number of carbonyl (C=O) groups is 1. The molecule has 1 amide bonds. The maximum Gasteiger partial charge on any atom is 0.335 e. The second kappa shape index (κ2) is 8.11. The van der Waals surface area contributed by atoms with Crippen molar-refractivity contribution in [1.29, 1.82) is 0 Å². The quantitative estimate of drug-likeness (QED) is 0.445. The molecule has 0 atom stereocenters. The Morgan fingerprint density at radius 1 is 1.03 bits per heavy atom. The van der Waals surface area contributed by atoms with Crippen LogP contribution < -0.4 is 16.6 Å². The third kappa shape index (κ3) is 3.99. The minimum atomic E-state index is -0.754. The molecule has 0 bridgehead atoms. The van der Waals surface area contributed by atoms with Gasteiger partial charge in [0.1, 0.15) is 5.56 Å². The monoisotopic (exact) mass is 414 g/mol. The van der Waals surface area contributed by atoms with E-state index in [0.717, 1.165) is 15.3 Å². The second-order valence-electron chi connectivity index (χ2n) is 6.82. The van der Waals surface area contributed by atoms with E-state index in [4.69, 9.17) is 0 Å². The van der Waals surface area contributed by atoms with Crippen molar-refractivity contribution in [2.75, 3.05) is 5.32 Å². The first-order valence-electron chi connectivity index (χ1n) is 9.42. The molecule has 4 aromatic rings. The number of aliphatic imine (C=N–C) groups is 1. The summed E-state index contributed by atoms with van der Waals surface area (Å²) in [5, 5.41) is 15.1. The molecule has 1 aromatic heterocycles. The molecule has 1 heterocycles. The number of aromatic nitrogens is 2. The molecule has 8 nitrogen and oxygen atoms in total. The Morgan fingerprint density at radius 2 is 1.74 bits per heavy atom. The van der Waals surface area contributed by atoms with E-state index in [-0.39, 0.29) is 11.5 Å². The Bertz CT molecular complexity index is 1430. The smallest absolute Gasteiger partial charge is 0.335 e. The number of hydrogen-bond donors (Lipinski definition) is 3. The van der Waals surface area contributed by atoms with Gasteiger partial charge in [-0.2, -0.15) is 0 Å². The lowest BCUT2D eigenvalue weighted by molar-refractivity contribution is -0.114. The predicted molar refractivity (Wildman–Crippen MR) is 120 cm³/mol. The Kier molecular flexibility index (Phi) is 5.19. The fraction of sp³-hybridized carbons (Fsp3) is 0.0435. The summed E-state index contributed by atoms with van der Waals surface area (Å²) in [6.07, 6.45) is 1.20. The van der Waals surface area contributed by atoms with E-state index in [1.807, 2.05) is 30.3 Å². The Hall–Kier alpha value is -4.46. The zero-order valence-electron chi connectivity index (χ0n) is 16.5. The molecular weight excluding hydrogens is 396 g/mol. The van der Waals surface area contributed by atoms with Crippen LogP contribution >= 0.6 is 0 Å². The molecule has 0 aliphatic carbocycles. The number of fused-ring (bicyclic) bond motifs is 1. The highest BCUT2D eigenvalue weighted by atomic mass is 16.3. The first-order valence-corrected chi connectivity index (χ1v) is 9.42. The van der Waals surface area contributed by atoms with Gasteiger partial charge in [-0.05, 0) is 35.7 Å². The molecule has 154 valence electrons. The van der Waals surface area contributed by atoms with Gasteiger partial charge in [-0.1, -0.05) is 36.4 Å². The lowest BCUT2D eigenvalue weighted by Gasteiger charge is -2.12. The van der Waals surface area contributed by atoms with Crippen LogP contribution in [0.2, 0.25) is 0 Å². The van der Waals surface area contributed by atoms with Crippen LogP contribution in [0.3, 0.4) is 0 Å². The molecule has 0 saturated carbocycles. The van der Waals surface area contributed by atoms with Crippen molar-refractivity contribution in [3.05, 3.63) is 93.1 Å². The van der Waals surface area contributed by atoms with Crippen molar-refractivity contribution in [2.24, 2.45) is 4.99 Å². The zero-order chi connectivity index (χ0) is 22.0. The number of amides is 1. The first-order chi connectivity index (χ1) is 14.9. The molecule has 0 aliphatic rings. The van der Waals surface area contributed by atoms with Gasteiger partial charge in [0.05, 0.1) is 11.4 Å².